The SMILES string of the molecule is c1ccc(-c2nc(-c3ccccc3)nc(-n3c4ccccc4c4cc5sc6ccc7c8ccccc8oc7c6c5cc43)n2)cc1. The summed E-state index contributed by atoms with van der Waals surface area (Å²) in [5, 5.41) is 6.90. The van der Waals surface area contributed by atoms with Crippen molar-refractivity contribution in [1.82, 2.24) is 19.5 Å². The van der Waals surface area contributed by atoms with Gasteiger partial charge in [-0.1, -0.05) is 97.1 Å². The van der Waals surface area contributed by atoms with E-state index >= 15 is 0 Å². The summed E-state index contributed by atoms with van der Waals surface area (Å²) in [5.41, 5.74) is 5.81. The van der Waals surface area contributed by atoms with Gasteiger partial charge in [0.15, 0.2) is 11.6 Å². The van der Waals surface area contributed by atoms with Gasteiger partial charge in [-0.25, -0.2) is 4.98 Å². The number of rotatable bonds is 3. The average molecular weight is 595 g/mol. The highest BCUT2D eigenvalue weighted by atomic mass is 32.1. The van der Waals surface area contributed by atoms with Crippen LogP contribution in [0.2, 0.25) is 0 Å². The molecular formula is C39H22N4OS. The van der Waals surface area contributed by atoms with Crippen LogP contribution in [0.15, 0.2) is 138 Å². The lowest BCUT2D eigenvalue weighted by Crippen LogP contribution is -2.06. The minimum atomic E-state index is 0.585. The molecule has 45 heavy (non-hydrogen) atoms. The van der Waals surface area contributed by atoms with Crippen molar-refractivity contribution in [2.75, 3.05) is 0 Å². The van der Waals surface area contributed by atoms with E-state index < -0.39 is 0 Å². The molecule has 0 fully saturated rings. The Hall–Kier alpha value is -5.85. The lowest BCUT2D eigenvalue weighted by molar-refractivity contribution is 0.673. The molecule has 6 heteroatoms. The molecule has 0 saturated carbocycles. The van der Waals surface area contributed by atoms with Crippen molar-refractivity contribution in [2.45, 2.75) is 0 Å². The Labute approximate surface area is 260 Å². The van der Waals surface area contributed by atoms with Crippen LogP contribution in [0.25, 0.3) is 92.6 Å². The first-order valence-corrected chi connectivity index (χ1v) is 15.7. The van der Waals surface area contributed by atoms with E-state index in [1.807, 2.05) is 72.8 Å². The molecule has 0 aliphatic carbocycles. The number of aromatic nitrogens is 4. The quantitative estimate of drug-likeness (QED) is 0.204. The number of benzene rings is 6. The Morgan fingerprint density at radius 1 is 0.489 bits per heavy atom. The van der Waals surface area contributed by atoms with Crippen molar-refractivity contribution in [3.05, 3.63) is 133 Å². The van der Waals surface area contributed by atoms with Crippen LogP contribution in [0.4, 0.5) is 0 Å². The smallest absolute Gasteiger partial charge is 0.238 e. The zero-order valence-electron chi connectivity index (χ0n) is 23.8. The van der Waals surface area contributed by atoms with Crippen molar-refractivity contribution >= 4 is 75.3 Å². The van der Waals surface area contributed by atoms with Crippen LogP contribution in [-0.4, -0.2) is 19.5 Å². The fraction of sp³-hybridized carbons (Fsp3) is 0. The molecule has 0 saturated heterocycles. The van der Waals surface area contributed by atoms with Gasteiger partial charge in [-0.2, -0.15) is 9.97 Å². The number of hydrogen-bond acceptors (Lipinski definition) is 5. The van der Waals surface area contributed by atoms with Crippen LogP contribution >= 0.6 is 11.3 Å². The minimum Gasteiger partial charge on any atom is -0.455 e. The van der Waals surface area contributed by atoms with Gasteiger partial charge in [0.25, 0.3) is 0 Å². The molecule has 10 aromatic rings. The third kappa shape index (κ3) is 3.63. The molecule has 10 rings (SSSR count). The second-order valence-corrected chi connectivity index (χ2v) is 12.3. The fourth-order valence-electron chi connectivity index (χ4n) is 6.62. The Balaban J connectivity index is 1.32. The molecule has 0 atom stereocenters. The van der Waals surface area contributed by atoms with Gasteiger partial charge in [0, 0.05) is 52.8 Å². The lowest BCUT2D eigenvalue weighted by Gasteiger charge is -2.11. The normalized spacial score (nSPS) is 12.0. The fourth-order valence-corrected chi connectivity index (χ4v) is 7.74. The zero-order valence-corrected chi connectivity index (χ0v) is 24.6. The second-order valence-electron chi connectivity index (χ2n) is 11.2. The Morgan fingerprint density at radius 3 is 1.91 bits per heavy atom. The van der Waals surface area contributed by atoms with E-state index in [9.17, 15) is 0 Å². The summed E-state index contributed by atoms with van der Waals surface area (Å²) in [5.74, 6) is 1.86. The van der Waals surface area contributed by atoms with Gasteiger partial charge < -0.3 is 4.42 Å². The summed E-state index contributed by atoms with van der Waals surface area (Å²) in [6.07, 6.45) is 0. The number of thiophene rings is 1. The highest BCUT2D eigenvalue weighted by Gasteiger charge is 2.21. The van der Waals surface area contributed by atoms with E-state index in [2.05, 4.69) is 65.2 Å². The van der Waals surface area contributed by atoms with Gasteiger partial charge in [-0.05, 0) is 36.4 Å². The summed E-state index contributed by atoms with van der Waals surface area (Å²) >= 11 is 1.80. The van der Waals surface area contributed by atoms with E-state index in [1.165, 1.54) is 9.40 Å². The maximum Gasteiger partial charge on any atom is 0.238 e. The molecule has 0 radical (unpaired) electrons. The van der Waals surface area contributed by atoms with Crippen molar-refractivity contribution in [3.63, 3.8) is 0 Å². The van der Waals surface area contributed by atoms with E-state index in [0.29, 0.717) is 17.6 Å². The van der Waals surface area contributed by atoms with Crippen LogP contribution < -0.4 is 0 Å². The van der Waals surface area contributed by atoms with E-state index in [4.69, 9.17) is 19.4 Å². The van der Waals surface area contributed by atoms with Crippen molar-refractivity contribution < 1.29 is 4.42 Å². The number of nitrogens with zero attached hydrogens (tertiary/aromatic N) is 4. The molecule has 0 bridgehead atoms. The molecule has 0 unspecified atom stereocenters. The van der Waals surface area contributed by atoms with Crippen LogP contribution in [0.5, 0.6) is 0 Å². The molecule has 6 aromatic carbocycles. The van der Waals surface area contributed by atoms with Crippen molar-refractivity contribution in [3.8, 4) is 28.7 Å². The summed E-state index contributed by atoms with van der Waals surface area (Å²) in [6.45, 7) is 0. The largest absolute Gasteiger partial charge is 0.455 e. The first-order valence-electron chi connectivity index (χ1n) is 14.9. The van der Waals surface area contributed by atoms with Gasteiger partial charge in [-0.15, -0.1) is 11.3 Å². The van der Waals surface area contributed by atoms with E-state index in [1.54, 1.807) is 11.3 Å². The van der Waals surface area contributed by atoms with Crippen LogP contribution in [0.1, 0.15) is 0 Å². The zero-order chi connectivity index (χ0) is 29.5. The third-order valence-corrected chi connectivity index (χ3v) is 9.78. The molecule has 5 nitrogen and oxygen atoms in total. The predicted molar refractivity (Wildman–Crippen MR) is 185 cm³/mol. The predicted octanol–water partition coefficient (Wildman–Crippen LogP) is 10.6. The monoisotopic (exact) mass is 594 g/mol. The first-order chi connectivity index (χ1) is 22.3. The van der Waals surface area contributed by atoms with Crippen LogP contribution in [0, 0.1) is 0 Å². The topological polar surface area (TPSA) is 56.7 Å². The van der Waals surface area contributed by atoms with Gasteiger partial charge in [0.05, 0.1) is 11.0 Å². The van der Waals surface area contributed by atoms with E-state index in [-0.39, 0.29) is 0 Å². The number of hydrogen-bond donors (Lipinski definition) is 0. The van der Waals surface area contributed by atoms with Crippen molar-refractivity contribution in [2.24, 2.45) is 0 Å². The first kappa shape index (κ1) is 24.6. The molecule has 0 amide bonds. The van der Waals surface area contributed by atoms with Crippen molar-refractivity contribution in [1.29, 1.82) is 0 Å². The maximum atomic E-state index is 6.51. The number of fused-ring (bicyclic) bond motifs is 10. The number of furan rings is 1. The third-order valence-electron chi connectivity index (χ3n) is 8.66. The number of para-hydroxylation sites is 2. The van der Waals surface area contributed by atoms with Gasteiger partial charge in [0.1, 0.15) is 11.2 Å². The minimum absolute atomic E-state index is 0.585. The summed E-state index contributed by atoms with van der Waals surface area (Å²) in [4.78, 5) is 15.1. The summed E-state index contributed by atoms with van der Waals surface area (Å²) in [7, 11) is 0. The Morgan fingerprint density at radius 2 is 1.16 bits per heavy atom. The van der Waals surface area contributed by atoms with Crippen LogP contribution in [0.3, 0.4) is 0 Å². The highest BCUT2D eigenvalue weighted by molar-refractivity contribution is 7.26. The maximum absolute atomic E-state index is 6.51. The van der Waals surface area contributed by atoms with Gasteiger partial charge in [-0.3, -0.25) is 4.57 Å². The van der Waals surface area contributed by atoms with Crippen LogP contribution in [-0.2, 0) is 0 Å². The Bertz CT molecular complexity index is 2700. The second kappa shape index (κ2) is 9.32. The molecule has 4 heterocycles. The summed E-state index contributed by atoms with van der Waals surface area (Å²) in [6, 6.07) is 46.0. The standard InChI is InChI=1S/C39H22N4OS/c1-3-11-23(12-4-1)37-40-38(24-13-5-2-6-14-24)42-39(41-37)43-30-17-9-7-15-25(30)28-22-34-29(21-31(28)43)35-33(45-34)20-19-27-26-16-8-10-18-32(26)44-36(27)35/h1-22H. The summed E-state index contributed by atoms with van der Waals surface area (Å²) < 4.78 is 11.1. The molecule has 0 N–H and O–H groups in total. The highest BCUT2D eigenvalue weighted by Crippen LogP contribution is 2.44. The molecule has 0 aliphatic heterocycles. The molecule has 210 valence electrons. The molecule has 0 spiro atoms. The Kier molecular flexibility index (Phi) is 5.09. The molecular weight excluding hydrogens is 573 g/mol. The average Bonchev–Trinajstić information content (AvgIpc) is 3.77. The van der Waals surface area contributed by atoms with E-state index in [0.717, 1.165) is 65.6 Å². The van der Waals surface area contributed by atoms with Gasteiger partial charge >= 0.3 is 0 Å². The lowest BCUT2D eigenvalue weighted by atomic mass is 10.1. The molecule has 0 aliphatic rings. The molecule has 4 aromatic heterocycles. The van der Waals surface area contributed by atoms with Gasteiger partial charge in [0.2, 0.25) is 5.95 Å².